The number of Topliss-reactive ketones (excluding diaryl/α,β-unsaturated/α-hetero) is 1. The Labute approximate surface area is 74.4 Å². The molecule has 68 valence electrons. The van der Waals surface area contributed by atoms with Gasteiger partial charge in [0.2, 0.25) is 0 Å². The molecule has 1 aromatic carbocycles. The average Bonchev–Trinajstić information content (AvgIpc) is 2.09. The van der Waals surface area contributed by atoms with Crippen molar-refractivity contribution in [3.05, 3.63) is 34.9 Å². The van der Waals surface area contributed by atoms with Crippen molar-refractivity contribution in [2.75, 3.05) is 0 Å². The Morgan fingerprint density at radius 2 is 1.77 bits per heavy atom. The van der Waals surface area contributed by atoms with Gasteiger partial charge in [-0.1, -0.05) is 0 Å². The molecule has 0 aromatic heterocycles. The molecule has 0 bridgehead atoms. The molecule has 0 fully saturated rings. The summed E-state index contributed by atoms with van der Waals surface area (Å²) in [7, 11) is 0. The Morgan fingerprint density at radius 1 is 1.08 bits per heavy atom. The van der Waals surface area contributed by atoms with Crippen LogP contribution in [-0.2, 0) is 6.42 Å². The summed E-state index contributed by atoms with van der Waals surface area (Å²) in [5, 5.41) is 0. The Bertz CT molecular complexity index is 371. The van der Waals surface area contributed by atoms with E-state index in [0.717, 1.165) is 18.6 Å². The number of carbonyl (C=O) groups is 1. The molecule has 0 aliphatic heterocycles. The number of ketones is 1. The summed E-state index contributed by atoms with van der Waals surface area (Å²) < 4.78 is 25.5. The zero-order chi connectivity index (χ0) is 9.42. The number of rotatable bonds is 0. The number of hydrogen-bond acceptors (Lipinski definition) is 1. The topological polar surface area (TPSA) is 17.1 Å². The first-order valence-corrected chi connectivity index (χ1v) is 4.19. The van der Waals surface area contributed by atoms with Gasteiger partial charge < -0.3 is 0 Å². The average molecular weight is 182 g/mol. The van der Waals surface area contributed by atoms with E-state index in [9.17, 15) is 13.6 Å². The summed E-state index contributed by atoms with van der Waals surface area (Å²) in [6.07, 6.45) is 1.84. The fraction of sp³-hybridized carbons (Fsp3) is 0.300. The first-order valence-electron chi connectivity index (χ1n) is 4.19. The molecule has 0 heterocycles. The maximum atomic E-state index is 12.8. The zero-order valence-electron chi connectivity index (χ0n) is 6.94. The molecule has 1 nitrogen and oxygen atoms in total. The van der Waals surface area contributed by atoms with Gasteiger partial charge in [0.15, 0.2) is 17.4 Å². The van der Waals surface area contributed by atoms with Crippen LogP contribution in [0.2, 0.25) is 0 Å². The fourth-order valence-corrected chi connectivity index (χ4v) is 1.63. The van der Waals surface area contributed by atoms with E-state index in [1.54, 1.807) is 0 Å². The third kappa shape index (κ3) is 1.34. The Hall–Kier alpha value is -1.25. The third-order valence-electron chi connectivity index (χ3n) is 2.30. The van der Waals surface area contributed by atoms with E-state index in [1.807, 2.05) is 0 Å². The van der Waals surface area contributed by atoms with E-state index in [2.05, 4.69) is 0 Å². The van der Waals surface area contributed by atoms with Crippen molar-refractivity contribution in [3.8, 4) is 0 Å². The minimum atomic E-state index is -0.936. The predicted molar refractivity (Wildman–Crippen MR) is 43.6 cm³/mol. The van der Waals surface area contributed by atoms with Crippen LogP contribution in [0.1, 0.15) is 28.8 Å². The van der Waals surface area contributed by atoms with Gasteiger partial charge in [-0.05, 0) is 30.5 Å². The Morgan fingerprint density at radius 3 is 2.54 bits per heavy atom. The highest BCUT2D eigenvalue weighted by molar-refractivity contribution is 5.98. The van der Waals surface area contributed by atoms with E-state index in [-0.39, 0.29) is 5.78 Å². The highest BCUT2D eigenvalue weighted by Gasteiger charge is 2.19. The molecular formula is C10H8F2O. The normalized spacial score (nSPS) is 15.7. The van der Waals surface area contributed by atoms with Gasteiger partial charge in [-0.15, -0.1) is 0 Å². The second-order valence-electron chi connectivity index (χ2n) is 3.20. The summed E-state index contributed by atoms with van der Waals surface area (Å²) in [6.45, 7) is 0. The highest BCUT2D eigenvalue weighted by Crippen LogP contribution is 2.23. The van der Waals surface area contributed by atoms with Crippen molar-refractivity contribution >= 4 is 5.78 Å². The number of halogens is 2. The van der Waals surface area contributed by atoms with Crippen LogP contribution in [0, 0.1) is 11.6 Å². The van der Waals surface area contributed by atoms with Crippen molar-refractivity contribution in [2.24, 2.45) is 0 Å². The van der Waals surface area contributed by atoms with Crippen molar-refractivity contribution in [2.45, 2.75) is 19.3 Å². The van der Waals surface area contributed by atoms with Crippen LogP contribution in [0.3, 0.4) is 0 Å². The molecule has 0 radical (unpaired) electrons. The van der Waals surface area contributed by atoms with Gasteiger partial charge in [0.25, 0.3) is 0 Å². The van der Waals surface area contributed by atoms with E-state index in [0.29, 0.717) is 24.0 Å². The zero-order valence-corrected chi connectivity index (χ0v) is 6.94. The number of benzene rings is 1. The molecule has 3 heteroatoms. The quantitative estimate of drug-likeness (QED) is 0.602. The molecule has 1 aromatic rings. The molecule has 13 heavy (non-hydrogen) atoms. The maximum Gasteiger partial charge on any atom is 0.163 e. The summed E-state index contributed by atoms with van der Waals surface area (Å²) in [5.41, 5.74) is 0.986. The molecule has 1 aliphatic rings. The van der Waals surface area contributed by atoms with Crippen molar-refractivity contribution in [1.82, 2.24) is 0 Å². The molecule has 0 saturated heterocycles. The van der Waals surface area contributed by atoms with Crippen LogP contribution >= 0.6 is 0 Å². The van der Waals surface area contributed by atoms with Crippen LogP contribution in [0.4, 0.5) is 8.78 Å². The van der Waals surface area contributed by atoms with Crippen LogP contribution < -0.4 is 0 Å². The monoisotopic (exact) mass is 182 g/mol. The minimum Gasteiger partial charge on any atom is -0.294 e. The SMILES string of the molecule is O=C1CCCc2cc(F)c(F)cc21. The third-order valence-corrected chi connectivity index (χ3v) is 2.30. The summed E-state index contributed by atoms with van der Waals surface area (Å²) in [6, 6.07) is 2.13. The molecular weight excluding hydrogens is 174 g/mol. The van der Waals surface area contributed by atoms with Crippen LogP contribution in [0.5, 0.6) is 0 Å². The van der Waals surface area contributed by atoms with Gasteiger partial charge in [0.05, 0.1) is 0 Å². The van der Waals surface area contributed by atoms with Gasteiger partial charge >= 0.3 is 0 Å². The van der Waals surface area contributed by atoms with E-state index in [4.69, 9.17) is 0 Å². The molecule has 0 amide bonds. The number of carbonyl (C=O) groups excluding carboxylic acids is 1. The van der Waals surface area contributed by atoms with Gasteiger partial charge in [-0.3, -0.25) is 4.79 Å². The first kappa shape index (κ1) is 8.35. The lowest BCUT2D eigenvalue weighted by molar-refractivity contribution is 0.0972. The molecule has 0 saturated carbocycles. The maximum absolute atomic E-state index is 12.8. The van der Waals surface area contributed by atoms with E-state index in [1.165, 1.54) is 0 Å². The molecule has 0 atom stereocenters. The van der Waals surface area contributed by atoms with Crippen molar-refractivity contribution in [3.63, 3.8) is 0 Å². The molecule has 0 spiro atoms. The summed E-state index contributed by atoms with van der Waals surface area (Å²) in [5.74, 6) is -1.89. The predicted octanol–water partition coefficient (Wildman–Crippen LogP) is 2.48. The smallest absolute Gasteiger partial charge is 0.163 e. The Kier molecular flexibility index (Phi) is 1.87. The van der Waals surface area contributed by atoms with Gasteiger partial charge in [0, 0.05) is 12.0 Å². The number of hydrogen-bond donors (Lipinski definition) is 0. The molecule has 0 unspecified atom stereocenters. The summed E-state index contributed by atoms with van der Waals surface area (Å²) in [4.78, 5) is 11.3. The molecule has 0 N–H and O–H groups in total. The highest BCUT2D eigenvalue weighted by atomic mass is 19.2. The molecule has 2 rings (SSSR count). The first-order chi connectivity index (χ1) is 6.18. The van der Waals surface area contributed by atoms with Crippen molar-refractivity contribution in [1.29, 1.82) is 0 Å². The van der Waals surface area contributed by atoms with Crippen molar-refractivity contribution < 1.29 is 13.6 Å². The lowest BCUT2D eigenvalue weighted by atomic mass is 9.90. The minimum absolute atomic E-state index is 0.0832. The van der Waals surface area contributed by atoms with Crippen LogP contribution in [-0.4, -0.2) is 5.78 Å². The Balaban J connectivity index is 2.58. The standard InChI is InChI=1S/C10H8F2O/c11-8-4-6-2-1-3-10(13)7(6)5-9(8)12/h4-5H,1-3H2. The second-order valence-corrected chi connectivity index (χ2v) is 3.20. The van der Waals surface area contributed by atoms with Gasteiger partial charge in [-0.2, -0.15) is 0 Å². The second kappa shape index (κ2) is 2.91. The molecule has 1 aliphatic carbocycles. The van der Waals surface area contributed by atoms with Gasteiger partial charge in [-0.25, -0.2) is 8.78 Å². The van der Waals surface area contributed by atoms with Gasteiger partial charge in [0.1, 0.15) is 0 Å². The van der Waals surface area contributed by atoms with E-state index < -0.39 is 11.6 Å². The number of aryl methyl sites for hydroxylation is 1. The lowest BCUT2D eigenvalue weighted by Crippen LogP contribution is -2.11. The number of fused-ring (bicyclic) bond motifs is 1. The fourth-order valence-electron chi connectivity index (χ4n) is 1.63. The van der Waals surface area contributed by atoms with Crippen LogP contribution in [0.15, 0.2) is 12.1 Å². The largest absolute Gasteiger partial charge is 0.294 e. The lowest BCUT2D eigenvalue weighted by Gasteiger charge is -2.14. The van der Waals surface area contributed by atoms with Crippen LogP contribution in [0.25, 0.3) is 0 Å². The van der Waals surface area contributed by atoms with E-state index >= 15 is 0 Å². The summed E-state index contributed by atoms with van der Waals surface area (Å²) >= 11 is 0.